The molecule has 3 aromatic rings. The van der Waals surface area contributed by atoms with Crippen LogP contribution in [0.15, 0.2) is 77.7 Å². The number of carbonyl (C=O) groups is 2. The minimum Gasteiger partial charge on any atom is -0.495 e. The maximum Gasteiger partial charge on any atom is 0.245 e. The molecule has 3 N–H and O–H groups in total. The predicted octanol–water partition coefficient (Wildman–Crippen LogP) is 3.84. The van der Waals surface area contributed by atoms with Crippen LogP contribution in [-0.4, -0.2) is 33.4 Å². The van der Waals surface area contributed by atoms with Crippen LogP contribution in [0.5, 0.6) is 5.75 Å². The molecule has 34 heavy (non-hydrogen) atoms. The average Bonchev–Trinajstić information content (AvgIpc) is 2.79. The van der Waals surface area contributed by atoms with Gasteiger partial charge in [-0.05, 0) is 48.4 Å². The summed E-state index contributed by atoms with van der Waals surface area (Å²) in [7, 11) is -2.84. The van der Waals surface area contributed by atoms with Crippen molar-refractivity contribution in [1.29, 1.82) is 0 Å². The van der Waals surface area contributed by atoms with Gasteiger partial charge < -0.3 is 15.4 Å². The van der Waals surface area contributed by atoms with E-state index in [0.717, 1.165) is 5.56 Å². The van der Waals surface area contributed by atoms with Crippen LogP contribution < -0.4 is 20.1 Å². The molecule has 3 rings (SSSR count). The van der Waals surface area contributed by atoms with Crippen LogP contribution >= 0.6 is 11.6 Å². The first-order chi connectivity index (χ1) is 16.2. The van der Waals surface area contributed by atoms with Gasteiger partial charge in [-0.1, -0.05) is 48.0 Å². The maximum atomic E-state index is 13.2. The molecule has 0 saturated heterocycles. The second-order valence-electron chi connectivity index (χ2n) is 7.41. The zero-order valence-corrected chi connectivity index (χ0v) is 20.1. The fourth-order valence-corrected chi connectivity index (χ4v) is 4.88. The molecule has 0 aliphatic heterocycles. The molecule has 8 nitrogen and oxygen atoms in total. The number of ether oxygens (including phenoxy) is 1. The molecule has 0 saturated carbocycles. The van der Waals surface area contributed by atoms with Crippen LogP contribution in [0.1, 0.15) is 12.5 Å². The molecule has 0 heterocycles. The molecule has 2 amide bonds. The highest BCUT2D eigenvalue weighted by Gasteiger charge is 2.28. The summed E-state index contributed by atoms with van der Waals surface area (Å²) in [5.41, 5.74) is 1.65. The summed E-state index contributed by atoms with van der Waals surface area (Å²) in [6, 6.07) is 18.6. The van der Waals surface area contributed by atoms with Crippen LogP contribution in [-0.2, 0) is 26.0 Å². The molecule has 10 heteroatoms. The number of amides is 2. The third-order valence-corrected chi connectivity index (χ3v) is 6.49. The summed E-state index contributed by atoms with van der Waals surface area (Å²) < 4.78 is 34.1. The van der Waals surface area contributed by atoms with E-state index < -0.39 is 22.0 Å². The van der Waals surface area contributed by atoms with Crippen molar-refractivity contribution in [3.05, 3.63) is 83.4 Å². The Morgan fingerprint density at radius 1 is 0.941 bits per heavy atom. The lowest BCUT2D eigenvalue weighted by Gasteiger charge is -2.20. The van der Waals surface area contributed by atoms with Crippen molar-refractivity contribution in [3.63, 3.8) is 0 Å². The van der Waals surface area contributed by atoms with Crippen LogP contribution in [0.25, 0.3) is 0 Å². The molecule has 3 aromatic carbocycles. The molecule has 0 aliphatic carbocycles. The quantitative estimate of drug-likeness (QED) is 0.412. The van der Waals surface area contributed by atoms with Crippen LogP contribution in [0.2, 0.25) is 5.02 Å². The smallest absolute Gasteiger partial charge is 0.245 e. The van der Waals surface area contributed by atoms with Gasteiger partial charge in [0, 0.05) is 23.3 Å². The molecule has 0 spiro atoms. The van der Waals surface area contributed by atoms with E-state index in [2.05, 4.69) is 15.4 Å². The van der Waals surface area contributed by atoms with E-state index in [9.17, 15) is 18.0 Å². The molecule has 178 valence electrons. The van der Waals surface area contributed by atoms with E-state index in [-0.39, 0.29) is 28.0 Å². The first-order valence-electron chi connectivity index (χ1n) is 10.3. The van der Waals surface area contributed by atoms with Crippen LogP contribution in [0.4, 0.5) is 11.4 Å². The third-order valence-electron chi connectivity index (χ3n) is 4.76. The molecule has 1 atom stereocenters. The zero-order chi connectivity index (χ0) is 24.7. The lowest BCUT2D eigenvalue weighted by Crippen LogP contribution is -2.45. The standard InChI is InChI=1S/C24H24ClN3O5S/c1-16(29)26-19-9-6-10-20(15-19)27-24(30)21(13-17-7-4-3-5-8-17)28-34(31,32)23-14-18(25)11-12-22(23)33-2/h3-12,14-15,21,28H,13H2,1-2H3,(H,26,29)(H,27,30)/t21-/m0/s1. The largest absolute Gasteiger partial charge is 0.495 e. The Kier molecular flexibility index (Phi) is 8.27. The summed E-state index contributed by atoms with van der Waals surface area (Å²) in [4.78, 5) is 24.3. The van der Waals surface area contributed by atoms with Gasteiger partial charge >= 0.3 is 0 Å². The van der Waals surface area contributed by atoms with Crippen LogP contribution in [0.3, 0.4) is 0 Å². The molecule has 0 unspecified atom stereocenters. The van der Waals surface area contributed by atoms with E-state index in [1.165, 1.54) is 32.2 Å². The molecule has 0 radical (unpaired) electrons. The Morgan fingerprint density at radius 2 is 1.62 bits per heavy atom. The van der Waals surface area contributed by atoms with Gasteiger partial charge in [0.25, 0.3) is 0 Å². The summed E-state index contributed by atoms with van der Waals surface area (Å²) in [5.74, 6) is -0.735. The highest BCUT2D eigenvalue weighted by molar-refractivity contribution is 7.89. The summed E-state index contributed by atoms with van der Waals surface area (Å²) in [6.45, 7) is 1.38. The highest BCUT2D eigenvalue weighted by atomic mass is 35.5. The lowest BCUT2D eigenvalue weighted by molar-refractivity contribution is -0.117. The predicted molar refractivity (Wildman–Crippen MR) is 132 cm³/mol. The molecule has 0 bridgehead atoms. The van der Waals surface area contributed by atoms with E-state index in [1.54, 1.807) is 48.5 Å². The van der Waals surface area contributed by atoms with Crippen LogP contribution in [0, 0.1) is 0 Å². The molecular formula is C24H24ClN3O5S. The summed E-state index contributed by atoms with van der Waals surface area (Å²) >= 11 is 6.01. The van der Waals surface area contributed by atoms with Crippen molar-refractivity contribution in [1.82, 2.24) is 4.72 Å². The van der Waals surface area contributed by atoms with Gasteiger partial charge in [0.15, 0.2) is 0 Å². The fourth-order valence-electron chi connectivity index (χ4n) is 3.26. The van der Waals surface area contributed by atoms with E-state index in [4.69, 9.17) is 16.3 Å². The Labute approximate surface area is 203 Å². The number of nitrogens with one attached hydrogen (secondary N) is 3. The number of benzene rings is 3. The van der Waals surface area contributed by atoms with E-state index in [0.29, 0.717) is 11.4 Å². The second-order valence-corrected chi connectivity index (χ2v) is 9.53. The Balaban J connectivity index is 1.90. The number of methoxy groups -OCH3 is 1. The second kappa shape index (κ2) is 11.1. The lowest BCUT2D eigenvalue weighted by atomic mass is 10.1. The summed E-state index contributed by atoms with van der Waals surface area (Å²) in [5, 5.41) is 5.56. The average molecular weight is 502 g/mol. The maximum absolute atomic E-state index is 13.2. The minimum atomic E-state index is -4.18. The van der Waals surface area contributed by atoms with Crippen molar-refractivity contribution >= 4 is 44.8 Å². The number of hydrogen-bond donors (Lipinski definition) is 3. The summed E-state index contributed by atoms with van der Waals surface area (Å²) in [6.07, 6.45) is 0.0974. The molecule has 0 fully saturated rings. The van der Waals surface area contributed by atoms with Crippen molar-refractivity contribution < 1.29 is 22.7 Å². The van der Waals surface area contributed by atoms with Crippen molar-refractivity contribution in [3.8, 4) is 5.75 Å². The normalized spacial score (nSPS) is 12.0. The van der Waals surface area contributed by atoms with Crippen molar-refractivity contribution in [2.24, 2.45) is 0 Å². The van der Waals surface area contributed by atoms with Gasteiger partial charge in [0.05, 0.1) is 7.11 Å². The topological polar surface area (TPSA) is 114 Å². The zero-order valence-electron chi connectivity index (χ0n) is 18.5. The number of sulfonamides is 1. The fraction of sp³-hybridized carbons (Fsp3) is 0.167. The molecule has 0 aliphatic rings. The van der Waals surface area contributed by atoms with Gasteiger partial charge in [-0.25, -0.2) is 8.42 Å². The molecular weight excluding hydrogens is 478 g/mol. The van der Waals surface area contributed by atoms with E-state index >= 15 is 0 Å². The van der Waals surface area contributed by atoms with Gasteiger partial charge in [-0.3, -0.25) is 9.59 Å². The number of rotatable bonds is 9. The van der Waals surface area contributed by atoms with Gasteiger partial charge in [0.1, 0.15) is 16.7 Å². The first-order valence-corrected chi connectivity index (χ1v) is 12.1. The SMILES string of the molecule is COc1ccc(Cl)cc1S(=O)(=O)N[C@@H](Cc1ccccc1)C(=O)Nc1cccc(NC(C)=O)c1. The van der Waals surface area contributed by atoms with Gasteiger partial charge in [0.2, 0.25) is 21.8 Å². The Morgan fingerprint density at radius 3 is 2.26 bits per heavy atom. The number of halogens is 1. The number of anilines is 2. The highest BCUT2D eigenvalue weighted by Crippen LogP contribution is 2.27. The van der Waals surface area contributed by atoms with Gasteiger partial charge in [-0.2, -0.15) is 4.72 Å². The van der Waals surface area contributed by atoms with E-state index in [1.807, 2.05) is 6.07 Å². The molecule has 0 aromatic heterocycles. The Hall–Kier alpha value is -3.40. The Bertz CT molecular complexity index is 1280. The van der Waals surface area contributed by atoms with Gasteiger partial charge in [-0.15, -0.1) is 0 Å². The third kappa shape index (κ3) is 6.80. The van der Waals surface area contributed by atoms with Crippen molar-refractivity contribution in [2.75, 3.05) is 17.7 Å². The number of hydrogen-bond acceptors (Lipinski definition) is 5. The minimum absolute atomic E-state index is 0.0961. The monoisotopic (exact) mass is 501 g/mol. The van der Waals surface area contributed by atoms with Crippen molar-refractivity contribution in [2.45, 2.75) is 24.3 Å². The first kappa shape index (κ1) is 25.2. The number of carbonyl (C=O) groups excluding carboxylic acids is 2.